The summed E-state index contributed by atoms with van der Waals surface area (Å²) in [7, 11) is 0. The number of hydrogen-bond donors (Lipinski definition) is 3. The fourth-order valence-corrected chi connectivity index (χ4v) is 3.62. The summed E-state index contributed by atoms with van der Waals surface area (Å²) in [5.74, 6) is -0.193. The molecule has 2 aromatic carbocycles. The van der Waals surface area contributed by atoms with E-state index in [0.29, 0.717) is 53.8 Å². The second kappa shape index (κ2) is 11.2. The molecule has 1 aliphatic heterocycles. The highest BCUT2D eigenvalue weighted by Crippen LogP contribution is 2.27. The lowest BCUT2D eigenvalue weighted by Crippen LogP contribution is -2.30. The predicted octanol–water partition coefficient (Wildman–Crippen LogP) is 5.12. The first-order chi connectivity index (χ1) is 16.1. The van der Waals surface area contributed by atoms with Gasteiger partial charge in [0.2, 0.25) is 5.91 Å². The van der Waals surface area contributed by atoms with Gasteiger partial charge in [0, 0.05) is 37.3 Å². The second-order valence-corrected chi connectivity index (χ2v) is 8.15. The fraction of sp³-hybridized carbons (Fsp3) is 0.292. The van der Waals surface area contributed by atoms with Crippen LogP contribution in [0.3, 0.4) is 0 Å². The van der Waals surface area contributed by atoms with Gasteiger partial charge in [-0.2, -0.15) is 13.2 Å². The van der Waals surface area contributed by atoms with Crippen molar-refractivity contribution in [1.82, 2.24) is 10.2 Å². The molecule has 6 nitrogen and oxygen atoms in total. The number of alkyl halides is 3. The number of para-hydroxylation sites is 1. The molecule has 180 valence electrons. The summed E-state index contributed by atoms with van der Waals surface area (Å²) in [4.78, 5) is 25.8. The number of halogens is 4. The van der Waals surface area contributed by atoms with Gasteiger partial charge in [-0.05, 0) is 48.7 Å². The van der Waals surface area contributed by atoms with Crippen LogP contribution in [0.15, 0.2) is 54.6 Å². The fourth-order valence-electron chi connectivity index (χ4n) is 3.44. The summed E-state index contributed by atoms with van der Waals surface area (Å²) in [5.41, 5.74) is -0.455. The molecule has 0 bridgehead atoms. The number of hydrogen-bond acceptors (Lipinski definition) is 4. The highest BCUT2D eigenvalue weighted by molar-refractivity contribution is 6.33. The second-order valence-electron chi connectivity index (χ2n) is 7.75. The van der Waals surface area contributed by atoms with Crippen LogP contribution < -0.4 is 10.6 Å². The minimum atomic E-state index is -4.81. The number of likely N-dealkylation sites (tertiary alicyclic amines) is 1. The van der Waals surface area contributed by atoms with E-state index in [9.17, 15) is 22.8 Å². The predicted molar refractivity (Wildman–Crippen MR) is 126 cm³/mol. The average molecular weight is 493 g/mol. The zero-order chi connectivity index (χ0) is 24.7. The van der Waals surface area contributed by atoms with Gasteiger partial charge in [0.05, 0.1) is 10.7 Å². The summed E-state index contributed by atoms with van der Waals surface area (Å²) < 4.78 is 39.0. The first kappa shape index (κ1) is 25.3. The zero-order valence-corrected chi connectivity index (χ0v) is 19.0. The normalized spacial score (nSPS) is 14.3. The number of anilines is 1. The van der Waals surface area contributed by atoms with Crippen molar-refractivity contribution in [1.29, 1.82) is 5.41 Å². The molecule has 1 aliphatic rings. The van der Waals surface area contributed by atoms with Gasteiger partial charge in [-0.3, -0.25) is 15.0 Å². The molecule has 0 radical (unpaired) electrons. The molecule has 34 heavy (non-hydrogen) atoms. The van der Waals surface area contributed by atoms with Crippen molar-refractivity contribution in [3.8, 4) is 0 Å². The monoisotopic (exact) mass is 492 g/mol. The standard InChI is InChI=1S/C24H24ClF3N4O2/c25-18-5-1-2-6-19(18)31-20(15-21(29)24(26,27)28)16-8-10-17(11-9-16)23(34)30-12-4-14-32-13-3-7-22(32)33/h1-2,5-6,8-11,15,29,31H,3-4,7,12-14H2,(H,30,34)/b20-15-,29-21?. The number of carbonyl (C=O) groups excluding carboxylic acids is 2. The van der Waals surface area contributed by atoms with Crippen molar-refractivity contribution in [2.24, 2.45) is 0 Å². The Morgan fingerprint density at radius 2 is 1.79 bits per heavy atom. The first-order valence-corrected chi connectivity index (χ1v) is 11.1. The molecule has 0 aliphatic carbocycles. The molecule has 0 unspecified atom stereocenters. The Balaban J connectivity index is 1.68. The summed E-state index contributed by atoms with van der Waals surface area (Å²) >= 11 is 6.12. The van der Waals surface area contributed by atoms with E-state index in [1.54, 1.807) is 29.2 Å². The molecule has 0 atom stereocenters. The summed E-state index contributed by atoms with van der Waals surface area (Å²) in [5, 5.41) is 13.3. The lowest BCUT2D eigenvalue weighted by Gasteiger charge is -2.16. The average Bonchev–Trinajstić information content (AvgIpc) is 3.21. The third-order valence-electron chi connectivity index (χ3n) is 5.26. The molecule has 2 amide bonds. The number of allylic oxidation sites excluding steroid dienone is 1. The van der Waals surface area contributed by atoms with Crippen molar-refractivity contribution in [2.75, 3.05) is 25.0 Å². The van der Waals surface area contributed by atoms with E-state index in [-0.39, 0.29) is 17.5 Å². The van der Waals surface area contributed by atoms with E-state index in [4.69, 9.17) is 17.0 Å². The first-order valence-electron chi connectivity index (χ1n) is 10.7. The SMILES string of the molecule is N=C(/C=C(\Nc1ccccc1Cl)c1ccc(C(=O)NCCCN2CCCC2=O)cc1)C(F)(F)F. The maximum absolute atomic E-state index is 13.0. The van der Waals surface area contributed by atoms with Gasteiger partial charge in [0.1, 0.15) is 5.71 Å². The summed E-state index contributed by atoms with van der Waals surface area (Å²) in [6.45, 7) is 1.73. The van der Waals surface area contributed by atoms with Gasteiger partial charge in [0.15, 0.2) is 0 Å². The number of carbonyl (C=O) groups is 2. The topological polar surface area (TPSA) is 85.3 Å². The van der Waals surface area contributed by atoms with Crippen LogP contribution in [0.1, 0.15) is 35.2 Å². The van der Waals surface area contributed by atoms with Gasteiger partial charge in [-0.1, -0.05) is 35.9 Å². The molecular weight excluding hydrogens is 469 g/mol. The number of rotatable bonds is 9. The molecule has 1 heterocycles. The third kappa shape index (κ3) is 6.84. The minimum absolute atomic E-state index is 0.0117. The lowest BCUT2D eigenvalue weighted by atomic mass is 10.1. The van der Waals surface area contributed by atoms with E-state index in [2.05, 4.69) is 10.6 Å². The number of amides is 2. The van der Waals surface area contributed by atoms with Crippen molar-refractivity contribution < 1.29 is 22.8 Å². The van der Waals surface area contributed by atoms with Gasteiger partial charge in [-0.15, -0.1) is 0 Å². The molecule has 0 saturated carbocycles. The minimum Gasteiger partial charge on any atom is -0.354 e. The van der Waals surface area contributed by atoms with E-state index >= 15 is 0 Å². The number of nitrogens with zero attached hydrogens (tertiary/aromatic N) is 1. The molecule has 0 spiro atoms. The summed E-state index contributed by atoms with van der Waals surface area (Å²) in [6, 6.07) is 12.5. The Hall–Kier alpha value is -3.33. The quantitative estimate of drug-likeness (QED) is 0.335. The smallest absolute Gasteiger partial charge is 0.354 e. The van der Waals surface area contributed by atoms with Crippen LogP contribution in [-0.4, -0.2) is 48.2 Å². The molecule has 0 aromatic heterocycles. The Labute approximate surface area is 200 Å². The van der Waals surface area contributed by atoms with Crippen LogP contribution in [0, 0.1) is 5.41 Å². The van der Waals surface area contributed by atoms with Crippen LogP contribution in [0.4, 0.5) is 18.9 Å². The molecule has 1 fully saturated rings. The van der Waals surface area contributed by atoms with Gasteiger partial charge in [-0.25, -0.2) is 0 Å². The summed E-state index contributed by atoms with van der Waals surface area (Å²) in [6.07, 6.45) is -2.07. The molecular formula is C24H24ClF3N4O2. The van der Waals surface area contributed by atoms with Crippen LogP contribution in [0.25, 0.3) is 5.70 Å². The van der Waals surface area contributed by atoms with E-state index < -0.39 is 11.9 Å². The molecule has 3 rings (SSSR count). The van der Waals surface area contributed by atoms with E-state index in [0.717, 1.165) is 13.0 Å². The maximum Gasteiger partial charge on any atom is 0.432 e. The number of nitrogens with one attached hydrogen (secondary N) is 3. The van der Waals surface area contributed by atoms with E-state index in [1.807, 2.05) is 0 Å². The van der Waals surface area contributed by atoms with Gasteiger partial charge >= 0.3 is 6.18 Å². The van der Waals surface area contributed by atoms with Crippen molar-refractivity contribution in [2.45, 2.75) is 25.4 Å². The highest BCUT2D eigenvalue weighted by Gasteiger charge is 2.33. The largest absolute Gasteiger partial charge is 0.432 e. The molecule has 10 heteroatoms. The maximum atomic E-state index is 13.0. The lowest BCUT2D eigenvalue weighted by molar-refractivity contribution is -0.127. The van der Waals surface area contributed by atoms with Crippen LogP contribution in [0.5, 0.6) is 0 Å². The van der Waals surface area contributed by atoms with Crippen LogP contribution in [0.2, 0.25) is 5.02 Å². The Kier molecular flexibility index (Phi) is 8.33. The highest BCUT2D eigenvalue weighted by atomic mass is 35.5. The van der Waals surface area contributed by atoms with E-state index in [1.165, 1.54) is 24.3 Å². The van der Waals surface area contributed by atoms with Crippen molar-refractivity contribution in [3.63, 3.8) is 0 Å². The van der Waals surface area contributed by atoms with Crippen LogP contribution in [-0.2, 0) is 4.79 Å². The zero-order valence-electron chi connectivity index (χ0n) is 18.2. The molecule has 3 N–H and O–H groups in total. The molecule has 1 saturated heterocycles. The Morgan fingerprint density at radius 3 is 2.41 bits per heavy atom. The Morgan fingerprint density at radius 1 is 1.12 bits per heavy atom. The van der Waals surface area contributed by atoms with Gasteiger partial charge in [0.25, 0.3) is 5.91 Å². The number of benzene rings is 2. The van der Waals surface area contributed by atoms with Gasteiger partial charge < -0.3 is 15.5 Å². The van der Waals surface area contributed by atoms with Crippen molar-refractivity contribution >= 4 is 40.5 Å². The van der Waals surface area contributed by atoms with Crippen LogP contribution >= 0.6 is 11.6 Å². The molecule has 2 aromatic rings. The van der Waals surface area contributed by atoms with Crippen molar-refractivity contribution in [3.05, 3.63) is 70.8 Å². The third-order valence-corrected chi connectivity index (χ3v) is 5.59. The Bertz CT molecular complexity index is 1080.